The van der Waals surface area contributed by atoms with Gasteiger partial charge in [-0.15, -0.1) is 0 Å². The van der Waals surface area contributed by atoms with Gasteiger partial charge in [0.15, 0.2) is 0 Å². The summed E-state index contributed by atoms with van der Waals surface area (Å²) in [5.41, 5.74) is 1.35. The van der Waals surface area contributed by atoms with Gasteiger partial charge >= 0.3 is 0 Å². The molecule has 2 amide bonds. The molecule has 0 N–H and O–H groups in total. The fourth-order valence-electron chi connectivity index (χ4n) is 4.79. The summed E-state index contributed by atoms with van der Waals surface area (Å²) in [5.74, 6) is 2.16. The molecule has 0 aliphatic carbocycles. The smallest absolute Gasteiger partial charge is 0.259 e. The Morgan fingerprint density at radius 1 is 1.12 bits per heavy atom. The predicted octanol–water partition coefficient (Wildman–Crippen LogP) is 2.92. The van der Waals surface area contributed by atoms with E-state index in [1.807, 2.05) is 34.9 Å². The molecule has 172 valence electrons. The zero-order valence-electron chi connectivity index (χ0n) is 19.1. The van der Waals surface area contributed by atoms with Gasteiger partial charge in [-0.25, -0.2) is 4.98 Å². The Kier molecular flexibility index (Phi) is 7.07. The third kappa shape index (κ3) is 4.95. The second-order valence-electron chi connectivity index (χ2n) is 8.77. The van der Waals surface area contributed by atoms with E-state index in [0.717, 1.165) is 63.5 Å². The van der Waals surface area contributed by atoms with E-state index in [-0.39, 0.29) is 11.8 Å². The molecular formula is C24H33N5O3. The Labute approximate surface area is 189 Å². The van der Waals surface area contributed by atoms with Crippen LogP contribution in [0.2, 0.25) is 0 Å². The maximum atomic E-state index is 13.1. The maximum Gasteiger partial charge on any atom is 0.259 e. The topological polar surface area (TPSA) is 82.8 Å². The highest BCUT2D eigenvalue weighted by Crippen LogP contribution is 2.25. The van der Waals surface area contributed by atoms with Gasteiger partial charge in [0.1, 0.15) is 17.1 Å². The minimum Gasteiger partial charge on any atom is -0.361 e. The van der Waals surface area contributed by atoms with Crippen molar-refractivity contribution in [3.63, 3.8) is 0 Å². The number of piperidine rings is 1. The third-order valence-corrected chi connectivity index (χ3v) is 6.66. The Bertz CT molecular complexity index is 921. The van der Waals surface area contributed by atoms with Crippen molar-refractivity contribution < 1.29 is 14.1 Å². The quantitative estimate of drug-likeness (QED) is 0.688. The predicted molar refractivity (Wildman–Crippen MR) is 122 cm³/mol. The van der Waals surface area contributed by atoms with Crippen molar-refractivity contribution in [3.05, 3.63) is 41.4 Å². The van der Waals surface area contributed by atoms with Gasteiger partial charge < -0.3 is 19.2 Å². The van der Waals surface area contributed by atoms with Crippen molar-refractivity contribution in [2.24, 2.45) is 5.92 Å². The van der Waals surface area contributed by atoms with Crippen LogP contribution in [-0.2, 0) is 11.2 Å². The lowest BCUT2D eigenvalue weighted by molar-refractivity contribution is -0.131. The van der Waals surface area contributed by atoms with E-state index >= 15 is 0 Å². The first-order chi connectivity index (χ1) is 15.6. The lowest BCUT2D eigenvalue weighted by atomic mass is 9.92. The first-order valence-corrected chi connectivity index (χ1v) is 11.7. The van der Waals surface area contributed by atoms with Crippen LogP contribution in [0.4, 0.5) is 5.82 Å². The number of pyridine rings is 1. The molecule has 32 heavy (non-hydrogen) atoms. The molecule has 0 radical (unpaired) electrons. The fraction of sp³-hybridized carbons (Fsp3) is 0.583. The van der Waals surface area contributed by atoms with Crippen LogP contribution in [0, 0.1) is 12.8 Å². The minimum absolute atomic E-state index is 0.0160. The number of carbonyl (C=O) groups is 2. The Morgan fingerprint density at radius 3 is 2.66 bits per heavy atom. The molecule has 0 saturated carbocycles. The average molecular weight is 440 g/mol. The molecule has 2 aliphatic heterocycles. The summed E-state index contributed by atoms with van der Waals surface area (Å²) in [7, 11) is 0. The Balaban J connectivity index is 1.25. The van der Waals surface area contributed by atoms with Gasteiger partial charge in [0.05, 0.1) is 5.69 Å². The van der Waals surface area contributed by atoms with E-state index < -0.39 is 0 Å². The van der Waals surface area contributed by atoms with E-state index in [9.17, 15) is 9.59 Å². The van der Waals surface area contributed by atoms with Crippen molar-refractivity contribution in [2.75, 3.05) is 44.2 Å². The second-order valence-corrected chi connectivity index (χ2v) is 8.77. The van der Waals surface area contributed by atoms with Crippen LogP contribution in [0.5, 0.6) is 0 Å². The van der Waals surface area contributed by atoms with Gasteiger partial charge in [0.25, 0.3) is 5.91 Å². The number of rotatable bonds is 6. The number of carbonyl (C=O) groups excluding carboxylic acids is 2. The highest BCUT2D eigenvalue weighted by molar-refractivity contribution is 5.96. The summed E-state index contributed by atoms with van der Waals surface area (Å²) in [6, 6.07) is 5.92. The van der Waals surface area contributed by atoms with Gasteiger partial charge in [-0.2, -0.15) is 0 Å². The fourth-order valence-corrected chi connectivity index (χ4v) is 4.79. The number of aromatic nitrogens is 2. The van der Waals surface area contributed by atoms with E-state index in [4.69, 9.17) is 4.52 Å². The number of piperazine rings is 1. The van der Waals surface area contributed by atoms with Crippen LogP contribution in [0.15, 0.2) is 28.9 Å². The highest BCUT2D eigenvalue weighted by Gasteiger charge is 2.30. The van der Waals surface area contributed by atoms with Crippen LogP contribution in [0.1, 0.15) is 54.4 Å². The molecule has 1 atom stereocenters. The molecule has 8 nitrogen and oxygen atoms in total. The number of hydrogen-bond acceptors (Lipinski definition) is 6. The van der Waals surface area contributed by atoms with E-state index in [0.29, 0.717) is 36.6 Å². The number of nitrogens with zero attached hydrogens (tertiary/aromatic N) is 5. The van der Waals surface area contributed by atoms with E-state index in [2.05, 4.69) is 15.0 Å². The average Bonchev–Trinajstić information content (AvgIpc) is 3.23. The molecule has 2 fully saturated rings. The molecule has 2 saturated heterocycles. The van der Waals surface area contributed by atoms with Gasteiger partial charge in [-0.05, 0) is 50.7 Å². The number of anilines is 1. The summed E-state index contributed by atoms with van der Waals surface area (Å²) in [5, 5.41) is 4.03. The molecule has 4 rings (SSSR count). The standard InChI is InChI=1S/C24H33N5O3/c1-3-20-23(18(2)32-26-20)24(31)29-12-6-7-19(17-29)9-10-22(30)28-15-13-27(14-16-28)21-8-4-5-11-25-21/h4-5,8,11,19H,3,6-7,9-10,12-17H2,1-2H3/t19-/m0/s1. The van der Waals surface area contributed by atoms with Gasteiger partial charge in [0.2, 0.25) is 5.91 Å². The third-order valence-electron chi connectivity index (χ3n) is 6.66. The number of amides is 2. The summed E-state index contributed by atoms with van der Waals surface area (Å²) < 4.78 is 5.25. The molecule has 4 heterocycles. The summed E-state index contributed by atoms with van der Waals surface area (Å²) >= 11 is 0. The number of hydrogen-bond donors (Lipinski definition) is 0. The number of likely N-dealkylation sites (tertiary alicyclic amines) is 1. The summed E-state index contributed by atoms with van der Waals surface area (Å²) in [6.45, 7) is 8.33. The Morgan fingerprint density at radius 2 is 1.94 bits per heavy atom. The molecule has 2 aromatic rings. The molecule has 0 aromatic carbocycles. The van der Waals surface area contributed by atoms with Gasteiger partial charge in [0, 0.05) is 51.9 Å². The largest absolute Gasteiger partial charge is 0.361 e. The second kappa shape index (κ2) is 10.1. The van der Waals surface area contributed by atoms with Crippen molar-refractivity contribution in [2.45, 2.75) is 46.0 Å². The van der Waals surface area contributed by atoms with Crippen LogP contribution >= 0.6 is 0 Å². The van der Waals surface area contributed by atoms with Crippen molar-refractivity contribution >= 4 is 17.6 Å². The normalized spacial score (nSPS) is 19.3. The van der Waals surface area contributed by atoms with E-state index in [1.54, 1.807) is 13.1 Å². The molecule has 2 aromatic heterocycles. The minimum atomic E-state index is 0.0160. The molecule has 0 bridgehead atoms. The lowest BCUT2D eigenvalue weighted by Gasteiger charge is -2.36. The van der Waals surface area contributed by atoms with Crippen molar-refractivity contribution in [1.82, 2.24) is 19.9 Å². The maximum absolute atomic E-state index is 13.1. The molecule has 0 unspecified atom stereocenters. The number of aryl methyl sites for hydroxylation is 2. The monoisotopic (exact) mass is 439 g/mol. The summed E-state index contributed by atoms with van der Waals surface area (Å²) in [4.78, 5) is 36.4. The van der Waals surface area contributed by atoms with E-state index in [1.165, 1.54) is 0 Å². The molecule has 2 aliphatic rings. The van der Waals surface area contributed by atoms with Crippen LogP contribution in [0.3, 0.4) is 0 Å². The molecule has 0 spiro atoms. The van der Waals surface area contributed by atoms with Crippen molar-refractivity contribution in [3.8, 4) is 0 Å². The Hall–Kier alpha value is -2.90. The zero-order chi connectivity index (χ0) is 22.5. The molecule has 8 heteroatoms. The van der Waals surface area contributed by atoms with Crippen molar-refractivity contribution in [1.29, 1.82) is 0 Å². The zero-order valence-corrected chi connectivity index (χ0v) is 19.1. The van der Waals surface area contributed by atoms with Gasteiger partial charge in [-0.1, -0.05) is 18.1 Å². The highest BCUT2D eigenvalue weighted by atomic mass is 16.5. The lowest BCUT2D eigenvalue weighted by Crippen LogP contribution is -2.49. The van der Waals surface area contributed by atoms with Crippen LogP contribution in [0.25, 0.3) is 0 Å². The van der Waals surface area contributed by atoms with Crippen LogP contribution in [-0.4, -0.2) is 71.0 Å². The molecular weight excluding hydrogens is 406 g/mol. The first-order valence-electron chi connectivity index (χ1n) is 11.7. The first kappa shape index (κ1) is 22.3. The van der Waals surface area contributed by atoms with Gasteiger partial charge in [-0.3, -0.25) is 9.59 Å². The summed E-state index contributed by atoms with van der Waals surface area (Å²) in [6.07, 6.45) is 5.89. The van der Waals surface area contributed by atoms with Crippen LogP contribution < -0.4 is 4.90 Å². The SMILES string of the molecule is CCc1noc(C)c1C(=O)N1CCC[C@@H](CCC(=O)N2CCN(c3ccccn3)CC2)C1.